The second-order valence-corrected chi connectivity index (χ2v) is 26.0. The molecule has 7 aromatic carbocycles. The number of hydrogen-bond donors (Lipinski definition) is 0. The number of rotatable bonds is 24. The van der Waals surface area contributed by atoms with Crippen LogP contribution in [0.4, 0.5) is 5.69 Å². The summed E-state index contributed by atoms with van der Waals surface area (Å²) in [5, 5.41) is 8.15. The zero-order valence-corrected chi connectivity index (χ0v) is 45.6. The summed E-state index contributed by atoms with van der Waals surface area (Å²) in [7, 11) is -2.82. The summed E-state index contributed by atoms with van der Waals surface area (Å²) in [5.74, 6) is 2.96. The summed E-state index contributed by atoms with van der Waals surface area (Å²) < 4.78 is 22.7. The van der Waals surface area contributed by atoms with E-state index in [0.29, 0.717) is 12.6 Å². The molecular formula is C66H75NO3SSi. The van der Waals surface area contributed by atoms with Gasteiger partial charge in [0.05, 0.1) is 31.4 Å². The monoisotopic (exact) mass is 990 g/mol. The first-order valence-corrected chi connectivity index (χ1v) is 30.2. The Kier molecular flexibility index (Phi) is 15.3. The summed E-state index contributed by atoms with van der Waals surface area (Å²) in [4.78, 5) is 2.59. The van der Waals surface area contributed by atoms with E-state index in [1.165, 1.54) is 139 Å². The van der Waals surface area contributed by atoms with E-state index in [1.54, 1.807) is 0 Å². The minimum absolute atomic E-state index is 0.240. The zero-order valence-electron chi connectivity index (χ0n) is 43.8. The maximum absolute atomic E-state index is 6.93. The smallest absolute Gasteiger partial charge is 0.180 e. The zero-order chi connectivity index (χ0) is 49.7. The normalized spacial score (nSPS) is 15.2. The predicted octanol–water partition coefficient (Wildman–Crippen LogP) is 15.6. The van der Waals surface area contributed by atoms with Gasteiger partial charge < -0.3 is 19.1 Å². The van der Waals surface area contributed by atoms with Gasteiger partial charge in [-0.1, -0.05) is 175 Å². The number of thiophene rings is 1. The van der Waals surface area contributed by atoms with Gasteiger partial charge >= 0.3 is 0 Å². The lowest BCUT2D eigenvalue weighted by Gasteiger charge is -2.32. The topological polar surface area (TPSA) is 30.7 Å². The molecule has 0 spiro atoms. The van der Waals surface area contributed by atoms with Crippen LogP contribution in [-0.4, -0.2) is 39.5 Å². The van der Waals surface area contributed by atoms with Crippen molar-refractivity contribution in [3.05, 3.63) is 157 Å². The van der Waals surface area contributed by atoms with Gasteiger partial charge in [-0.05, 0) is 144 Å². The predicted molar refractivity (Wildman–Crippen MR) is 311 cm³/mol. The first-order chi connectivity index (χ1) is 35.2. The molecule has 0 saturated carbocycles. The molecule has 1 aromatic heterocycles. The van der Waals surface area contributed by atoms with Crippen molar-refractivity contribution in [3.8, 4) is 39.5 Å². The molecule has 2 aliphatic rings. The SMILES string of the molecule is CCCCCCOc1cc2c(cc1C)sc1cc(-c3ccc4c(c3)[Si](c3ccccc3)(c3ccccc3)c3cc(C)c(OCCCCCCC5N(c6ccccc6)C5(C)C)cc3-4)c(OCCCCCC)cc12. The molecule has 1 atom stereocenters. The van der Waals surface area contributed by atoms with Crippen LogP contribution < -0.4 is 39.9 Å². The molecule has 372 valence electrons. The Bertz CT molecular complexity index is 3070. The van der Waals surface area contributed by atoms with E-state index in [-0.39, 0.29) is 5.54 Å². The third-order valence-electron chi connectivity index (χ3n) is 15.9. The Balaban J connectivity index is 0.977. The minimum Gasteiger partial charge on any atom is -0.493 e. The summed E-state index contributed by atoms with van der Waals surface area (Å²) in [6, 6.07) is 55.9. The lowest BCUT2D eigenvalue weighted by atomic mass is 9.98. The van der Waals surface area contributed by atoms with Gasteiger partial charge in [0.15, 0.2) is 8.07 Å². The molecule has 8 aromatic rings. The van der Waals surface area contributed by atoms with Gasteiger partial charge in [-0.2, -0.15) is 0 Å². The van der Waals surface area contributed by atoms with Gasteiger partial charge in [-0.25, -0.2) is 0 Å². The van der Waals surface area contributed by atoms with Crippen molar-refractivity contribution in [2.24, 2.45) is 0 Å². The molecule has 0 radical (unpaired) electrons. The molecule has 10 rings (SSSR count). The molecule has 2 aliphatic heterocycles. The van der Waals surface area contributed by atoms with E-state index >= 15 is 0 Å². The molecule has 0 bridgehead atoms. The number of fused-ring (bicyclic) bond motifs is 6. The number of anilines is 1. The number of nitrogens with zero attached hydrogens (tertiary/aromatic N) is 1. The first-order valence-electron chi connectivity index (χ1n) is 27.4. The molecule has 0 amide bonds. The molecule has 1 saturated heterocycles. The summed E-state index contributed by atoms with van der Waals surface area (Å²) in [5.41, 5.74) is 8.97. The standard InChI is InChI=1S/C66H75NO3SSi/c1-7-9-11-25-37-68-58-43-55-56-44-60(70-39-26-12-10-8-2)54(46-62(56)71-61(55)40-47(58)3)49-35-36-53-57-45-59(69-38-27-14-13-24-34-65-66(5,6)67(65)50-28-18-15-19-29-50)48(4)41-63(57)72(64(53)42-49,51-30-20-16-21-31-51)52-32-22-17-23-33-52/h15-23,28-33,35-36,40-46,65H,7-14,24-27,34,37-39H2,1-6H3. The van der Waals surface area contributed by atoms with Crippen molar-refractivity contribution in [2.45, 2.75) is 137 Å². The van der Waals surface area contributed by atoms with Gasteiger partial charge in [0, 0.05) is 31.4 Å². The molecular weight excluding hydrogens is 915 g/mol. The van der Waals surface area contributed by atoms with Crippen LogP contribution in [0.2, 0.25) is 0 Å². The second kappa shape index (κ2) is 22.1. The molecule has 0 aliphatic carbocycles. The third-order valence-corrected chi connectivity index (χ3v) is 21.8. The van der Waals surface area contributed by atoms with Gasteiger partial charge in [-0.3, -0.25) is 0 Å². The van der Waals surface area contributed by atoms with Crippen LogP contribution in [0.5, 0.6) is 17.2 Å². The quantitative estimate of drug-likeness (QED) is 0.0343. The van der Waals surface area contributed by atoms with E-state index in [9.17, 15) is 0 Å². The van der Waals surface area contributed by atoms with Crippen molar-refractivity contribution < 1.29 is 14.2 Å². The van der Waals surface area contributed by atoms with Gasteiger partial charge in [0.2, 0.25) is 0 Å². The Morgan fingerprint density at radius 2 is 1.00 bits per heavy atom. The Labute approximate surface area is 435 Å². The van der Waals surface area contributed by atoms with Gasteiger partial charge in [0.1, 0.15) is 17.2 Å². The summed E-state index contributed by atoms with van der Waals surface area (Å²) in [6.07, 6.45) is 15.4. The molecule has 4 nitrogen and oxygen atoms in total. The number of ether oxygens (including phenoxy) is 3. The molecule has 3 heterocycles. The fourth-order valence-corrected chi connectivity index (χ4v) is 18.4. The van der Waals surface area contributed by atoms with E-state index in [0.717, 1.165) is 55.3 Å². The molecule has 6 heteroatoms. The van der Waals surface area contributed by atoms with E-state index in [4.69, 9.17) is 14.2 Å². The lowest BCUT2D eigenvalue weighted by Crippen LogP contribution is -2.72. The molecule has 1 fully saturated rings. The summed E-state index contributed by atoms with van der Waals surface area (Å²) >= 11 is 1.88. The third kappa shape index (κ3) is 9.86. The van der Waals surface area contributed by atoms with Crippen LogP contribution >= 0.6 is 11.3 Å². The molecule has 72 heavy (non-hydrogen) atoms. The fourth-order valence-electron chi connectivity index (χ4n) is 11.9. The Morgan fingerprint density at radius 1 is 0.486 bits per heavy atom. The molecule has 0 N–H and O–H groups in total. The van der Waals surface area contributed by atoms with Crippen molar-refractivity contribution in [1.82, 2.24) is 0 Å². The Hall–Kier alpha value is -5.82. The average molecular weight is 990 g/mol. The number of hydrogen-bond acceptors (Lipinski definition) is 5. The summed E-state index contributed by atoms with van der Waals surface area (Å²) in [6.45, 7) is 15.9. The average Bonchev–Trinajstić information content (AvgIpc) is 3.62. The van der Waals surface area contributed by atoms with E-state index in [1.807, 2.05) is 11.3 Å². The minimum atomic E-state index is -2.82. The highest BCUT2D eigenvalue weighted by molar-refractivity contribution is 7.26. The maximum Gasteiger partial charge on any atom is 0.180 e. The fraction of sp³-hybridized carbons (Fsp3) is 0.364. The highest BCUT2D eigenvalue weighted by Gasteiger charge is 2.54. The van der Waals surface area contributed by atoms with Crippen molar-refractivity contribution in [3.63, 3.8) is 0 Å². The van der Waals surface area contributed by atoms with Crippen LogP contribution in [0.1, 0.15) is 122 Å². The highest BCUT2D eigenvalue weighted by Crippen LogP contribution is 2.48. The van der Waals surface area contributed by atoms with Crippen LogP contribution in [0, 0.1) is 13.8 Å². The van der Waals surface area contributed by atoms with E-state index < -0.39 is 8.07 Å². The highest BCUT2D eigenvalue weighted by atomic mass is 32.1. The largest absolute Gasteiger partial charge is 0.493 e. The number of aryl methyl sites for hydroxylation is 2. The van der Waals surface area contributed by atoms with Crippen LogP contribution in [0.25, 0.3) is 42.4 Å². The van der Waals surface area contributed by atoms with Crippen LogP contribution in [0.3, 0.4) is 0 Å². The van der Waals surface area contributed by atoms with Crippen molar-refractivity contribution in [2.75, 3.05) is 24.7 Å². The second-order valence-electron chi connectivity index (χ2n) is 21.2. The van der Waals surface area contributed by atoms with E-state index in [2.05, 4.69) is 192 Å². The van der Waals surface area contributed by atoms with Crippen LogP contribution in [0.15, 0.2) is 146 Å². The number of benzene rings is 7. The lowest BCUT2D eigenvalue weighted by molar-refractivity contribution is 0.302. The number of unbranched alkanes of at least 4 members (excludes halogenated alkanes) is 9. The van der Waals surface area contributed by atoms with Crippen LogP contribution in [-0.2, 0) is 0 Å². The Morgan fingerprint density at radius 3 is 1.62 bits per heavy atom. The van der Waals surface area contributed by atoms with Crippen molar-refractivity contribution in [1.29, 1.82) is 0 Å². The first kappa shape index (κ1) is 49.7. The maximum atomic E-state index is 6.93. The number of para-hydroxylation sites is 1. The van der Waals surface area contributed by atoms with Gasteiger partial charge in [0.25, 0.3) is 0 Å². The van der Waals surface area contributed by atoms with Crippen molar-refractivity contribution >= 4 is 66.0 Å². The van der Waals surface area contributed by atoms with Gasteiger partial charge in [-0.15, -0.1) is 11.3 Å². The molecule has 1 unspecified atom stereocenters.